The van der Waals surface area contributed by atoms with Crippen LogP contribution in [0.1, 0.15) is 12.8 Å². The SMILES string of the molecule is O=C(O)C1=CC2=C(CC3=C(C2)OCO3)OC1C(F)(F)F. The third-order valence-corrected chi connectivity index (χ3v) is 3.22. The lowest BCUT2D eigenvalue weighted by atomic mass is 9.94. The average Bonchev–Trinajstić information content (AvgIpc) is 2.80. The lowest BCUT2D eigenvalue weighted by molar-refractivity contribution is -0.201. The van der Waals surface area contributed by atoms with Crippen molar-refractivity contribution < 1.29 is 37.3 Å². The molecule has 1 unspecified atom stereocenters. The standard InChI is InChI=1S/C12H9F3O5/c13-12(14,15)10-6(11(16)17)1-5-2-8-9(19-4-18-8)3-7(5)20-10/h1,10H,2-4H2,(H,16,17). The van der Waals surface area contributed by atoms with E-state index < -0.39 is 23.8 Å². The smallest absolute Gasteiger partial charge is 0.429 e. The van der Waals surface area contributed by atoms with E-state index in [0.29, 0.717) is 17.1 Å². The molecule has 0 amide bonds. The molecule has 5 nitrogen and oxygen atoms in total. The maximum atomic E-state index is 12.9. The molecule has 0 aromatic rings. The van der Waals surface area contributed by atoms with Gasteiger partial charge in [0.25, 0.3) is 0 Å². The van der Waals surface area contributed by atoms with Gasteiger partial charge in [0.1, 0.15) is 17.3 Å². The van der Waals surface area contributed by atoms with Gasteiger partial charge in [-0.1, -0.05) is 0 Å². The minimum Gasteiger partial charge on any atom is -0.479 e. The summed E-state index contributed by atoms with van der Waals surface area (Å²) in [5, 5.41) is 8.91. The number of alkyl halides is 3. The summed E-state index contributed by atoms with van der Waals surface area (Å²) in [6.45, 7) is 0.0173. The summed E-state index contributed by atoms with van der Waals surface area (Å²) in [7, 11) is 0. The zero-order valence-corrected chi connectivity index (χ0v) is 9.99. The molecule has 0 aromatic carbocycles. The van der Waals surface area contributed by atoms with Gasteiger partial charge in [-0.2, -0.15) is 13.2 Å². The van der Waals surface area contributed by atoms with Gasteiger partial charge in [0, 0.05) is 6.42 Å². The van der Waals surface area contributed by atoms with Gasteiger partial charge >= 0.3 is 12.1 Å². The Bertz CT molecular complexity index is 570. The summed E-state index contributed by atoms with van der Waals surface area (Å²) in [4.78, 5) is 11.0. The maximum Gasteiger partial charge on any atom is 0.429 e. The zero-order chi connectivity index (χ0) is 14.5. The molecule has 0 fully saturated rings. The second kappa shape index (κ2) is 4.19. The van der Waals surface area contributed by atoms with Crippen LogP contribution in [0.2, 0.25) is 0 Å². The van der Waals surface area contributed by atoms with Crippen LogP contribution < -0.4 is 0 Å². The van der Waals surface area contributed by atoms with Crippen molar-refractivity contribution in [3.05, 3.63) is 34.5 Å². The minimum atomic E-state index is -4.79. The number of hydrogen-bond acceptors (Lipinski definition) is 4. The number of halogens is 3. The first-order chi connectivity index (χ1) is 9.36. The molecule has 1 aliphatic carbocycles. The molecule has 20 heavy (non-hydrogen) atoms. The van der Waals surface area contributed by atoms with Crippen molar-refractivity contribution in [3.8, 4) is 0 Å². The molecule has 0 aromatic heterocycles. The average molecular weight is 290 g/mol. The van der Waals surface area contributed by atoms with Crippen molar-refractivity contribution in [2.45, 2.75) is 25.1 Å². The highest BCUT2D eigenvalue weighted by Crippen LogP contribution is 2.42. The van der Waals surface area contributed by atoms with Gasteiger partial charge in [0.2, 0.25) is 12.9 Å². The van der Waals surface area contributed by atoms with E-state index in [1.807, 2.05) is 0 Å². The number of carboxylic acids is 1. The van der Waals surface area contributed by atoms with E-state index in [1.165, 1.54) is 0 Å². The molecule has 3 aliphatic rings. The first-order valence-electron chi connectivity index (χ1n) is 5.74. The van der Waals surface area contributed by atoms with Crippen molar-refractivity contribution >= 4 is 5.97 Å². The summed E-state index contributed by atoms with van der Waals surface area (Å²) in [6, 6.07) is 0. The highest BCUT2D eigenvalue weighted by Gasteiger charge is 2.49. The number of aliphatic carboxylic acids is 1. The normalized spacial score (nSPS) is 25.1. The van der Waals surface area contributed by atoms with Gasteiger partial charge in [-0.25, -0.2) is 4.79 Å². The van der Waals surface area contributed by atoms with E-state index in [-0.39, 0.29) is 25.4 Å². The van der Waals surface area contributed by atoms with Crippen LogP contribution >= 0.6 is 0 Å². The van der Waals surface area contributed by atoms with Crippen LogP contribution in [0.4, 0.5) is 13.2 Å². The summed E-state index contributed by atoms with van der Waals surface area (Å²) in [5.74, 6) is -0.612. The Labute approximate surface area is 110 Å². The van der Waals surface area contributed by atoms with Gasteiger partial charge in [-0.05, 0) is 11.6 Å². The van der Waals surface area contributed by atoms with Crippen LogP contribution in [0.15, 0.2) is 34.5 Å². The lowest BCUT2D eigenvalue weighted by Crippen LogP contribution is -2.38. The summed E-state index contributed by atoms with van der Waals surface area (Å²) in [6.07, 6.45) is -6.01. The van der Waals surface area contributed by atoms with Crippen molar-refractivity contribution in [2.24, 2.45) is 0 Å². The van der Waals surface area contributed by atoms with Crippen molar-refractivity contribution in [2.75, 3.05) is 6.79 Å². The fraction of sp³-hybridized carbons (Fsp3) is 0.417. The Morgan fingerprint density at radius 2 is 1.85 bits per heavy atom. The molecule has 0 saturated carbocycles. The number of allylic oxidation sites excluding steroid dienone is 2. The van der Waals surface area contributed by atoms with Crippen molar-refractivity contribution in [1.29, 1.82) is 0 Å². The molecule has 0 bridgehead atoms. The molecule has 108 valence electrons. The van der Waals surface area contributed by atoms with Crippen LogP contribution in [0.3, 0.4) is 0 Å². The highest BCUT2D eigenvalue weighted by molar-refractivity contribution is 5.89. The third-order valence-electron chi connectivity index (χ3n) is 3.22. The molecule has 0 spiro atoms. The first-order valence-corrected chi connectivity index (χ1v) is 5.74. The van der Waals surface area contributed by atoms with Gasteiger partial charge < -0.3 is 19.3 Å². The summed E-state index contributed by atoms with van der Waals surface area (Å²) >= 11 is 0. The monoisotopic (exact) mass is 290 g/mol. The number of ether oxygens (including phenoxy) is 3. The van der Waals surface area contributed by atoms with Gasteiger partial charge in [-0.3, -0.25) is 0 Å². The highest BCUT2D eigenvalue weighted by atomic mass is 19.4. The molecule has 2 aliphatic heterocycles. The van der Waals surface area contributed by atoms with E-state index in [0.717, 1.165) is 6.08 Å². The zero-order valence-electron chi connectivity index (χ0n) is 9.99. The van der Waals surface area contributed by atoms with Gasteiger partial charge in [0.15, 0.2) is 0 Å². The second-order valence-electron chi connectivity index (χ2n) is 4.50. The summed E-state index contributed by atoms with van der Waals surface area (Å²) in [5.41, 5.74) is -0.439. The van der Waals surface area contributed by atoms with Gasteiger partial charge in [-0.15, -0.1) is 0 Å². The van der Waals surface area contributed by atoms with Crippen LogP contribution in [0.5, 0.6) is 0 Å². The predicted octanol–water partition coefficient (Wildman–Crippen LogP) is 2.22. The number of rotatable bonds is 1. The molecule has 1 N–H and O–H groups in total. The summed E-state index contributed by atoms with van der Waals surface area (Å²) < 4.78 is 53.7. The quantitative estimate of drug-likeness (QED) is 0.802. The molecule has 0 saturated heterocycles. The van der Waals surface area contributed by atoms with Crippen LogP contribution in [-0.4, -0.2) is 30.1 Å². The Kier molecular flexibility index (Phi) is 2.70. The molecule has 8 heteroatoms. The largest absolute Gasteiger partial charge is 0.479 e. The van der Waals surface area contributed by atoms with Crippen molar-refractivity contribution in [1.82, 2.24) is 0 Å². The van der Waals surface area contributed by atoms with Crippen LogP contribution in [0.25, 0.3) is 0 Å². The number of carboxylic acid groups (broad SMARTS) is 1. The van der Waals surface area contributed by atoms with Crippen LogP contribution in [0, 0.1) is 0 Å². The Morgan fingerprint density at radius 1 is 1.20 bits per heavy atom. The van der Waals surface area contributed by atoms with E-state index in [4.69, 9.17) is 19.3 Å². The Morgan fingerprint density at radius 3 is 2.45 bits per heavy atom. The minimum absolute atomic E-state index is 0.0173. The van der Waals surface area contributed by atoms with Crippen LogP contribution in [-0.2, 0) is 19.0 Å². The third kappa shape index (κ3) is 2.00. The van der Waals surface area contributed by atoms with Gasteiger partial charge in [0.05, 0.1) is 12.0 Å². The molecular weight excluding hydrogens is 281 g/mol. The molecule has 2 heterocycles. The second-order valence-corrected chi connectivity index (χ2v) is 4.50. The fourth-order valence-electron chi connectivity index (χ4n) is 2.30. The van der Waals surface area contributed by atoms with E-state index in [9.17, 15) is 18.0 Å². The first kappa shape index (κ1) is 12.9. The topological polar surface area (TPSA) is 65.0 Å². The van der Waals surface area contributed by atoms with Crippen molar-refractivity contribution in [3.63, 3.8) is 0 Å². The number of carbonyl (C=O) groups is 1. The molecule has 3 rings (SSSR count). The molecule has 0 radical (unpaired) electrons. The van der Waals surface area contributed by atoms with E-state index >= 15 is 0 Å². The lowest BCUT2D eigenvalue weighted by Gasteiger charge is -2.30. The van der Waals surface area contributed by atoms with E-state index in [1.54, 1.807) is 0 Å². The molecular formula is C12H9F3O5. The Hall–Kier alpha value is -2.12. The maximum absolute atomic E-state index is 12.9. The van der Waals surface area contributed by atoms with E-state index in [2.05, 4.69) is 0 Å². The fourth-order valence-corrected chi connectivity index (χ4v) is 2.30. The Balaban J connectivity index is 1.94. The number of hydrogen-bond donors (Lipinski definition) is 1. The predicted molar refractivity (Wildman–Crippen MR) is 57.0 cm³/mol. The molecule has 1 atom stereocenters.